The van der Waals surface area contributed by atoms with Gasteiger partial charge in [-0.15, -0.1) is 0 Å². The summed E-state index contributed by atoms with van der Waals surface area (Å²) in [5.41, 5.74) is 9.90. The van der Waals surface area contributed by atoms with E-state index in [1.807, 2.05) is 0 Å². The number of esters is 6. The second kappa shape index (κ2) is 20.9. The minimum atomic E-state index is -1.64. The summed E-state index contributed by atoms with van der Waals surface area (Å²) in [5.74, 6) is -5.04. The van der Waals surface area contributed by atoms with E-state index in [1.165, 1.54) is 43.5 Å². The van der Waals surface area contributed by atoms with Crippen LogP contribution in [0.15, 0.2) is 96.1 Å². The molecule has 59 heavy (non-hydrogen) atoms. The Morgan fingerprint density at radius 3 is 1.44 bits per heavy atom. The van der Waals surface area contributed by atoms with Crippen LogP contribution in [-0.4, -0.2) is 117 Å². The zero-order valence-electron chi connectivity index (χ0n) is 32.2. The lowest BCUT2D eigenvalue weighted by atomic mass is 9.96. The molecule has 0 N–H and O–H groups in total. The van der Waals surface area contributed by atoms with Crippen molar-refractivity contribution >= 4 is 35.8 Å². The van der Waals surface area contributed by atoms with Crippen LogP contribution in [0.4, 0.5) is 0 Å². The van der Waals surface area contributed by atoms with Crippen LogP contribution in [0.1, 0.15) is 51.8 Å². The van der Waals surface area contributed by atoms with E-state index in [0.29, 0.717) is 0 Å². The molecule has 2 saturated heterocycles. The molecule has 0 aromatic heterocycles. The lowest BCUT2D eigenvalue weighted by molar-refractivity contribution is -0.314. The molecule has 2 aliphatic rings. The normalized spacial score (nSPS) is 26.2. The van der Waals surface area contributed by atoms with Crippen LogP contribution in [0.25, 0.3) is 10.4 Å². The van der Waals surface area contributed by atoms with Gasteiger partial charge in [0.1, 0.15) is 24.9 Å². The Balaban J connectivity index is 1.55. The summed E-state index contributed by atoms with van der Waals surface area (Å²) >= 11 is 0. The molecular weight excluding hydrogens is 778 g/mol. The number of ether oxygens (including phenoxy) is 10. The van der Waals surface area contributed by atoms with Crippen LogP contribution >= 0.6 is 0 Å². The van der Waals surface area contributed by atoms with Gasteiger partial charge in [-0.25, -0.2) is 14.4 Å². The smallest absolute Gasteiger partial charge is 0.338 e. The first-order chi connectivity index (χ1) is 28.4. The van der Waals surface area contributed by atoms with Crippen LogP contribution in [-0.2, 0) is 61.8 Å². The van der Waals surface area contributed by atoms with Crippen molar-refractivity contribution in [3.8, 4) is 0 Å². The molecule has 0 unspecified atom stereocenters. The average molecular weight is 820 g/mol. The molecule has 5 rings (SSSR count). The Morgan fingerprint density at radius 2 is 0.983 bits per heavy atom. The molecule has 19 heteroatoms. The van der Waals surface area contributed by atoms with E-state index >= 15 is 0 Å². The third-order valence-corrected chi connectivity index (χ3v) is 8.86. The maximum Gasteiger partial charge on any atom is 0.338 e. The Labute approximate surface area is 337 Å². The van der Waals surface area contributed by atoms with Crippen LogP contribution in [0.2, 0.25) is 0 Å². The number of carbonyl (C=O) groups is 6. The van der Waals surface area contributed by atoms with E-state index in [2.05, 4.69) is 10.0 Å². The molecule has 0 saturated carbocycles. The number of hydrogen-bond donors (Lipinski definition) is 0. The summed E-state index contributed by atoms with van der Waals surface area (Å²) in [6.07, 6.45) is -13.7. The maximum absolute atomic E-state index is 13.7. The number of carbonyl (C=O) groups excluding carboxylic acids is 6. The lowest BCUT2D eigenvalue weighted by Gasteiger charge is -2.46. The molecule has 0 aliphatic carbocycles. The molecule has 2 heterocycles. The van der Waals surface area contributed by atoms with Gasteiger partial charge >= 0.3 is 35.8 Å². The van der Waals surface area contributed by atoms with Gasteiger partial charge in [-0.3, -0.25) is 14.4 Å². The second-order valence-electron chi connectivity index (χ2n) is 13.0. The lowest BCUT2D eigenvalue weighted by Crippen LogP contribution is -2.64. The third kappa shape index (κ3) is 11.6. The quantitative estimate of drug-likeness (QED) is 0.0694. The van der Waals surface area contributed by atoms with Gasteiger partial charge in [0, 0.05) is 32.8 Å². The summed E-state index contributed by atoms with van der Waals surface area (Å²) in [4.78, 5) is 80.1. The monoisotopic (exact) mass is 819 g/mol. The van der Waals surface area contributed by atoms with Crippen molar-refractivity contribution in [1.82, 2.24) is 0 Å². The molecule has 19 nitrogen and oxygen atoms in total. The van der Waals surface area contributed by atoms with Crippen LogP contribution in [0.3, 0.4) is 0 Å². The van der Waals surface area contributed by atoms with Crippen LogP contribution in [0.5, 0.6) is 0 Å². The van der Waals surface area contributed by atoms with E-state index < -0.39 is 110 Å². The predicted octanol–water partition coefficient (Wildman–Crippen LogP) is 3.88. The molecule has 2 fully saturated rings. The number of rotatable bonds is 15. The fourth-order valence-corrected chi connectivity index (χ4v) is 6.30. The highest BCUT2D eigenvalue weighted by molar-refractivity contribution is 5.91. The zero-order chi connectivity index (χ0) is 42.5. The van der Waals surface area contributed by atoms with Gasteiger partial charge < -0.3 is 47.4 Å². The van der Waals surface area contributed by atoms with Crippen molar-refractivity contribution < 1.29 is 76.1 Å². The third-order valence-electron chi connectivity index (χ3n) is 8.86. The standard InChI is InChI=1S/C40H41N3O16/c1-22(44)51-20-28-31(53-23(2)45)33(54-24(3)46)30(42-43-41)39(55-28)52-21-29-32(57-36(47)25-14-8-5-9-15-25)34(58-37(48)26-16-10-6-11-17-26)35(40(50-4)56-29)59-38(49)27-18-12-7-13-19-27/h5-19,28-35,39-40H,20-21H2,1-4H3/t28-,29-,30-,31+,32-,33-,34+,35-,39+,40+/m1/s1. The Hall–Kier alpha value is -6.37. The molecule has 0 bridgehead atoms. The summed E-state index contributed by atoms with van der Waals surface area (Å²) in [6, 6.07) is 22.0. The number of hydrogen-bond acceptors (Lipinski definition) is 17. The summed E-state index contributed by atoms with van der Waals surface area (Å²) in [7, 11) is 1.23. The van der Waals surface area contributed by atoms with Crippen molar-refractivity contribution in [2.75, 3.05) is 20.3 Å². The van der Waals surface area contributed by atoms with Crippen molar-refractivity contribution in [2.24, 2.45) is 5.11 Å². The van der Waals surface area contributed by atoms with Gasteiger partial charge in [-0.05, 0) is 41.9 Å². The number of azide groups is 1. The van der Waals surface area contributed by atoms with Crippen LogP contribution < -0.4 is 0 Å². The minimum Gasteiger partial charge on any atom is -0.463 e. The highest BCUT2D eigenvalue weighted by Crippen LogP contribution is 2.34. The predicted molar refractivity (Wildman–Crippen MR) is 198 cm³/mol. The number of nitrogens with zero attached hydrogens (tertiary/aromatic N) is 3. The molecule has 0 spiro atoms. The van der Waals surface area contributed by atoms with Crippen molar-refractivity contribution in [2.45, 2.75) is 82.1 Å². The molecular formula is C40H41N3O16. The van der Waals surface area contributed by atoms with Gasteiger partial charge in [0.05, 0.1) is 23.3 Å². The Kier molecular flexibility index (Phi) is 15.5. The topological polar surface area (TPSA) is 243 Å². The van der Waals surface area contributed by atoms with Gasteiger partial charge in [0.25, 0.3) is 0 Å². The largest absolute Gasteiger partial charge is 0.463 e. The van der Waals surface area contributed by atoms with Crippen LogP contribution in [0, 0.1) is 0 Å². The highest BCUT2D eigenvalue weighted by Gasteiger charge is 2.55. The molecule has 312 valence electrons. The second-order valence-corrected chi connectivity index (χ2v) is 13.0. The molecule has 3 aromatic carbocycles. The highest BCUT2D eigenvalue weighted by atomic mass is 16.7. The zero-order valence-corrected chi connectivity index (χ0v) is 32.2. The van der Waals surface area contributed by atoms with E-state index in [9.17, 15) is 34.3 Å². The number of methoxy groups -OCH3 is 1. The molecule has 2 aliphatic heterocycles. The molecule has 10 atom stereocenters. The van der Waals surface area contributed by atoms with E-state index in [0.717, 1.165) is 20.8 Å². The van der Waals surface area contributed by atoms with Crippen molar-refractivity contribution in [3.63, 3.8) is 0 Å². The molecule has 0 amide bonds. The van der Waals surface area contributed by atoms with E-state index in [1.54, 1.807) is 54.6 Å². The summed E-state index contributed by atoms with van der Waals surface area (Å²) in [6.45, 7) is 2.11. The summed E-state index contributed by atoms with van der Waals surface area (Å²) < 4.78 is 58.0. The first kappa shape index (κ1) is 43.7. The van der Waals surface area contributed by atoms with Gasteiger partial charge in [-0.2, -0.15) is 0 Å². The van der Waals surface area contributed by atoms with Gasteiger partial charge in [0.2, 0.25) is 0 Å². The van der Waals surface area contributed by atoms with E-state index in [4.69, 9.17) is 47.4 Å². The van der Waals surface area contributed by atoms with Crippen molar-refractivity contribution in [1.29, 1.82) is 0 Å². The average Bonchev–Trinajstić information content (AvgIpc) is 3.23. The Bertz CT molecular complexity index is 1980. The maximum atomic E-state index is 13.7. The fourth-order valence-electron chi connectivity index (χ4n) is 6.30. The SMILES string of the molecule is CO[C@H]1O[C@H](CO[C@H]2O[C@H](COC(C)=O)[C@H](OC(C)=O)[C@H](OC(C)=O)[C@H]2N=[N+]=[N-])[C@@H](OC(=O)c2ccccc2)[C@H](OC(=O)c2ccccc2)[C@H]1OC(=O)c1ccccc1. The van der Waals surface area contributed by atoms with Gasteiger partial charge in [0.15, 0.2) is 43.1 Å². The Morgan fingerprint density at radius 1 is 0.559 bits per heavy atom. The fraction of sp³-hybridized carbons (Fsp3) is 0.400. The minimum absolute atomic E-state index is 0.0973. The molecule has 3 aromatic rings. The number of benzene rings is 3. The first-order valence-corrected chi connectivity index (χ1v) is 18.2. The first-order valence-electron chi connectivity index (χ1n) is 18.2. The summed E-state index contributed by atoms with van der Waals surface area (Å²) in [5, 5.41) is 3.73. The van der Waals surface area contributed by atoms with Crippen molar-refractivity contribution in [3.05, 3.63) is 118 Å². The van der Waals surface area contributed by atoms with Gasteiger partial charge in [-0.1, -0.05) is 59.7 Å². The molecule has 0 radical (unpaired) electrons. The van der Waals surface area contributed by atoms with E-state index in [-0.39, 0.29) is 16.7 Å².